The molecular formula is C19H31FN2O5SSi. The van der Waals surface area contributed by atoms with E-state index in [0.717, 1.165) is 12.3 Å². The number of halogens is 1. The van der Waals surface area contributed by atoms with E-state index in [4.69, 9.17) is 13.7 Å². The summed E-state index contributed by atoms with van der Waals surface area (Å²) in [5, 5.41) is 0. The van der Waals surface area contributed by atoms with Gasteiger partial charge in [0, 0.05) is 26.8 Å². The number of imidazole rings is 1. The van der Waals surface area contributed by atoms with E-state index in [-0.39, 0.29) is 19.1 Å². The summed E-state index contributed by atoms with van der Waals surface area (Å²) in [6.45, 7) is 12.7. The third-order valence-corrected chi connectivity index (χ3v) is 6.15. The first-order valence-electron chi connectivity index (χ1n) is 9.44. The maximum atomic E-state index is 14.3. The highest BCUT2D eigenvalue weighted by Gasteiger charge is 2.21. The fourth-order valence-corrected chi connectivity index (χ4v) is 3.64. The van der Waals surface area contributed by atoms with Crippen molar-refractivity contribution < 1.29 is 26.5 Å². The van der Waals surface area contributed by atoms with E-state index < -0.39 is 29.6 Å². The molecule has 29 heavy (non-hydrogen) atoms. The van der Waals surface area contributed by atoms with E-state index in [9.17, 15) is 12.8 Å². The number of ether oxygens (including phenoxy) is 2. The summed E-state index contributed by atoms with van der Waals surface area (Å²) in [6, 6.07) is 3.59. The Kier molecular flexibility index (Phi) is 7.14. The molecule has 0 radical (unpaired) electrons. The van der Waals surface area contributed by atoms with Crippen LogP contribution in [-0.2, 0) is 32.4 Å². The zero-order chi connectivity index (χ0) is 22.0. The molecule has 7 nitrogen and oxygen atoms in total. The van der Waals surface area contributed by atoms with Crippen LogP contribution >= 0.6 is 0 Å². The first-order valence-corrected chi connectivity index (χ1v) is 15.0. The van der Waals surface area contributed by atoms with Gasteiger partial charge < -0.3 is 14.0 Å². The molecule has 0 unspecified atom stereocenters. The number of hydrogen-bond acceptors (Lipinski definition) is 6. The molecule has 0 aliphatic rings. The van der Waals surface area contributed by atoms with Crippen molar-refractivity contribution in [2.45, 2.75) is 65.4 Å². The predicted octanol–water partition coefficient (Wildman–Crippen LogP) is 4.14. The molecule has 0 N–H and O–H groups in total. The number of benzene rings is 1. The summed E-state index contributed by atoms with van der Waals surface area (Å²) in [7, 11) is -4.93. The largest absolute Gasteiger partial charge is 0.486 e. The Balaban J connectivity index is 2.43. The topological polar surface area (TPSA) is 79.7 Å². The maximum Gasteiger partial charge on any atom is 0.264 e. The molecule has 0 aliphatic heterocycles. The summed E-state index contributed by atoms with van der Waals surface area (Å²) in [6.07, 6.45) is 0.971. The molecule has 1 aromatic carbocycles. The van der Waals surface area contributed by atoms with Gasteiger partial charge >= 0.3 is 0 Å². The minimum Gasteiger partial charge on any atom is -0.486 e. The standard InChI is InChI=1S/C19H31FN2O5SSi/c1-19(2,3)27-16-11-14(20)10-15-18(16)21-17(12-26-28(4,23)24)22(15)13-25-8-9-29(5,6)7/h10-11H,8-9,12-13H2,1-7H3. The molecule has 0 fully saturated rings. The van der Waals surface area contributed by atoms with E-state index in [0.29, 0.717) is 23.5 Å². The molecule has 2 rings (SSSR count). The minimum atomic E-state index is -3.66. The number of nitrogens with zero attached hydrogens (tertiary/aromatic N) is 2. The molecule has 0 saturated heterocycles. The molecule has 0 aliphatic carbocycles. The van der Waals surface area contributed by atoms with Crippen LogP contribution in [-0.4, -0.2) is 44.5 Å². The number of aromatic nitrogens is 2. The van der Waals surface area contributed by atoms with Crippen molar-refractivity contribution in [3.05, 3.63) is 23.8 Å². The van der Waals surface area contributed by atoms with E-state index in [1.54, 1.807) is 4.57 Å². The van der Waals surface area contributed by atoms with Gasteiger partial charge in [0.05, 0.1) is 11.8 Å². The quantitative estimate of drug-likeness (QED) is 0.327. The summed E-state index contributed by atoms with van der Waals surface area (Å²) >= 11 is 0. The Morgan fingerprint density at radius 1 is 1.21 bits per heavy atom. The highest BCUT2D eigenvalue weighted by atomic mass is 32.2. The third-order valence-electron chi connectivity index (χ3n) is 3.90. The van der Waals surface area contributed by atoms with Crippen LogP contribution in [0, 0.1) is 5.82 Å². The first kappa shape index (κ1) is 23.8. The van der Waals surface area contributed by atoms with Crippen LogP contribution in [0.1, 0.15) is 26.6 Å². The van der Waals surface area contributed by atoms with Gasteiger partial charge in [-0.2, -0.15) is 8.42 Å². The SMILES string of the molecule is CC(C)(C)Oc1cc(F)cc2c1nc(COS(C)(=O)=O)n2COCC[Si](C)(C)C. The van der Waals surface area contributed by atoms with Crippen molar-refractivity contribution in [1.29, 1.82) is 0 Å². The molecule has 0 spiro atoms. The lowest BCUT2D eigenvalue weighted by atomic mass is 10.2. The fraction of sp³-hybridized carbons (Fsp3) is 0.632. The van der Waals surface area contributed by atoms with Gasteiger partial charge in [-0.05, 0) is 26.8 Å². The lowest BCUT2D eigenvalue weighted by Crippen LogP contribution is -2.23. The van der Waals surface area contributed by atoms with Crippen LogP contribution in [0.3, 0.4) is 0 Å². The number of rotatable bonds is 9. The zero-order valence-electron chi connectivity index (χ0n) is 18.2. The van der Waals surface area contributed by atoms with E-state index in [2.05, 4.69) is 24.6 Å². The second kappa shape index (κ2) is 8.71. The van der Waals surface area contributed by atoms with Crippen LogP contribution in [0.2, 0.25) is 25.7 Å². The second-order valence-corrected chi connectivity index (χ2v) is 16.5. The Hall–Kier alpha value is -1.49. The second-order valence-electron chi connectivity index (χ2n) is 9.26. The third kappa shape index (κ3) is 7.69. The maximum absolute atomic E-state index is 14.3. The summed E-state index contributed by atoms with van der Waals surface area (Å²) < 4.78 is 55.4. The van der Waals surface area contributed by atoms with Gasteiger partial charge in [0.1, 0.15) is 36.1 Å². The Bertz CT molecular complexity index is 962. The Morgan fingerprint density at radius 2 is 1.86 bits per heavy atom. The van der Waals surface area contributed by atoms with Gasteiger partial charge in [0.25, 0.3) is 10.1 Å². The molecule has 0 atom stereocenters. The summed E-state index contributed by atoms with van der Waals surface area (Å²) in [5.74, 6) is 0.132. The van der Waals surface area contributed by atoms with Crippen molar-refractivity contribution in [1.82, 2.24) is 9.55 Å². The molecule has 10 heteroatoms. The lowest BCUT2D eigenvalue weighted by Gasteiger charge is -2.21. The Morgan fingerprint density at radius 3 is 2.41 bits per heavy atom. The van der Waals surface area contributed by atoms with E-state index in [1.807, 2.05) is 20.8 Å². The van der Waals surface area contributed by atoms with Gasteiger partial charge in [0.2, 0.25) is 0 Å². The lowest BCUT2D eigenvalue weighted by molar-refractivity contribution is 0.0854. The van der Waals surface area contributed by atoms with Crippen molar-refractivity contribution in [3.8, 4) is 5.75 Å². The zero-order valence-corrected chi connectivity index (χ0v) is 20.0. The van der Waals surface area contributed by atoms with Crippen molar-refractivity contribution in [3.63, 3.8) is 0 Å². The normalized spacial score (nSPS) is 13.2. The summed E-state index contributed by atoms with van der Waals surface area (Å²) in [4.78, 5) is 4.48. The van der Waals surface area contributed by atoms with Crippen molar-refractivity contribution in [2.24, 2.45) is 0 Å². The highest BCUT2D eigenvalue weighted by molar-refractivity contribution is 7.85. The fourth-order valence-electron chi connectivity index (χ4n) is 2.56. The van der Waals surface area contributed by atoms with Crippen LogP contribution < -0.4 is 4.74 Å². The molecule has 0 amide bonds. The predicted molar refractivity (Wildman–Crippen MR) is 114 cm³/mol. The summed E-state index contributed by atoms with van der Waals surface area (Å²) in [5.41, 5.74) is 0.341. The molecule has 1 heterocycles. The van der Waals surface area contributed by atoms with Crippen LogP contribution in [0.5, 0.6) is 5.75 Å². The van der Waals surface area contributed by atoms with Crippen LogP contribution in [0.4, 0.5) is 4.39 Å². The minimum absolute atomic E-state index is 0.113. The number of hydrogen-bond donors (Lipinski definition) is 0. The van der Waals surface area contributed by atoms with Crippen molar-refractivity contribution in [2.75, 3.05) is 12.9 Å². The smallest absolute Gasteiger partial charge is 0.264 e. The molecule has 0 bridgehead atoms. The van der Waals surface area contributed by atoms with Gasteiger partial charge in [-0.25, -0.2) is 9.37 Å². The molecule has 164 valence electrons. The molecular weight excluding hydrogens is 415 g/mol. The van der Waals surface area contributed by atoms with Gasteiger partial charge in [0.15, 0.2) is 5.75 Å². The average molecular weight is 447 g/mol. The first-order chi connectivity index (χ1) is 13.1. The van der Waals surface area contributed by atoms with Crippen LogP contribution in [0.15, 0.2) is 12.1 Å². The Labute approximate surface area is 173 Å². The highest BCUT2D eigenvalue weighted by Crippen LogP contribution is 2.31. The van der Waals surface area contributed by atoms with Gasteiger partial charge in [-0.1, -0.05) is 19.6 Å². The van der Waals surface area contributed by atoms with Crippen LogP contribution in [0.25, 0.3) is 11.0 Å². The molecule has 1 aromatic heterocycles. The van der Waals surface area contributed by atoms with E-state index >= 15 is 0 Å². The molecule has 0 saturated carbocycles. The molecule has 2 aromatic rings. The number of fused-ring (bicyclic) bond motifs is 1. The van der Waals surface area contributed by atoms with Crippen molar-refractivity contribution >= 4 is 29.2 Å². The average Bonchev–Trinajstić information content (AvgIpc) is 2.84. The monoisotopic (exact) mass is 446 g/mol. The van der Waals surface area contributed by atoms with E-state index in [1.165, 1.54) is 12.1 Å². The van der Waals surface area contributed by atoms with Gasteiger partial charge in [-0.15, -0.1) is 0 Å². The van der Waals surface area contributed by atoms with Gasteiger partial charge in [-0.3, -0.25) is 4.18 Å².